The van der Waals surface area contributed by atoms with Crippen molar-refractivity contribution in [3.8, 4) is 15.6 Å². The first-order valence-electron chi connectivity index (χ1n) is 5.44. The van der Waals surface area contributed by atoms with Gasteiger partial charge in [-0.25, -0.2) is 0 Å². The molecule has 0 saturated heterocycles. The molecule has 0 amide bonds. The van der Waals surface area contributed by atoms with Crippen LogP contribution in [0.4, 0.5) is 0 Å². The van der Waals surface area contributed by atoms with Crippen molar-refractivity contribution in [1.82, 2.24) is 15.5 Å². The molecule has 0 unspecified atom stereocenters. The van der Waals surface area contributed by atoms with Crippen LogP contribution in [0.15, 0.2) is 11.4 Å². The second-order valence-electron chi connectivity index (χ2n) is 3.53. The maximum Gasteiger partial charge on any atom is 0.161 e. The highest BCUT2D eigenvalue weighted by molar-refractivity contribution is 7.21. The molecule has 4 nitrogen and oxygen atoms in total. The fourth-order valence-electron chi connectivity index (χ4n) is 1.48. The summed E-state index contributed by atoms with van der Waals surface area (Å²) in [6.07, 6.45) is 2.07. The molecule has 0 aliphatic heterocycles. The number of methoxy groups -OCH3 is 1. The standard InChI is InChI=1S/C11H15N3OS2/c1-12-6-3-4-9-13-14-11(17-9)10-8(15-2)5-7-16-10/h5,7,12H,3-4,6H2,1-2H3. The van der Waals surface area contributed by atoms with E-state index in [1.54, 1.807) is 29.8 Å². The van der Waals surface area contributed by atoms with Crippen molar-refractivity contribution >= 4 is 22.7 Å². The maximum absolute atomic E-state index is 5.29. The molecule has 0 aliphatic carbocycles. The topological polar surface area (TPSA) is 47.0 Å². The van der Waals surface area contributed by atoms with Gasteiger partial charge in [-0.3, -0.25) is 0 Å². The van der Waals surface area contributed by atoms with Gasteiger partial charge in [0.15, 0.2) is 5.01 Å². The number of ether oxygens (including phenoxy) is 1. The highest BCUT2D eigenvalue weighted by Gasteiger charge is 2.12. The number of aryl methyl sites for hydroxylation is 1. The number of thiophene rings is 1. The molecular formula is C11H15N3OS2. The normalized spacial score (nSPS) is 10.7. The number of hydrogen-bond donors (Lipinski definition) is 1. The fourth-order valence-corrected chi connectivity index (χ4v) is 3.31. The van der Waals surface area contributed by atoms with Crippen LogP contribution in [0, 0.1) is 0 Å². The van der Waals surface area contributed by atoms with Gasteiger partial charge < -0.3 is 10.1 Å². The second-order valence-corrected chi connectivity index (χ2v) is 5.50. The Balaban J connectivity index is 2.07. The summed E-state index contributed by atoms with van der Waals surface area (Å²) >= 11 is 3.29. The van der Waals surface area contributed by atoms with E-state index < -0.39 is 0 Å². The van der Waals surface area contributed by atoms with Crippen LogP contribution in [0.5, 0.6) is 5.75 Å². The van der Waals surface area contributed by atoms with Crippen LogP contribution in [0.2, 0.25) is 0 Å². The van der Waals surface area contributed by atoms with Gasteiger partial charge in [0.2, 0.25) is 0 Å². The van der Waals surface area contributed by atoms with Crippen LogP contribution in [0.25, 0.3) is 9.88 Å². The van der Waals surface area contributed by atoms with E-state index in [1.807, 2.05) is 18.5 Å². The molecule has 0 atom stereocenters. The fraction of sp³-hybridized carbons (Fsp3) is 0.455. The van der Waals surface area contributed by atoms with E-state index in [-0.39, 0.29) is 0 Å². The number of rotatable bonds is 6. The van der Waals surface area contributed by atoms with Crippen molar-refractivity contribution in [3.05, 3.63) is 16.5 Å². The van der Waals surface area contributed by atoms with Crippen LogP contribution in [0.1, 0.15) is 11.4 Å². The zero-order chi connectivity index (χ0) is 12.1. The van der Waals surface area contributed by atoms with Gasteiger partial charge in [-0.05, 0) is 31.5 Å². The lowest BCUT2D eigenvalue weighted by atomic mass is 10.3. The van der Waals surface area contributed by atoms with Crippen molar-refractivity contribution in [2.24, 2.45) is 0 Å². The van der Waals surface area contributed by atoms with Gasteiger partial charge in [0.05, 0.1) is 7.11 Å². The summed E-state index contributed by atoms with van der Waals surface area (Å²) in [6, 6.07) is 1.96. The third kappa shape index (κ3) is 3.02. The number of nitrogens with one attached hydrogen (secondary N) is 1. The molecule has 0 spiro atoms. The van der Waals surface area contributed by atoms with E-state index in [2.05, 4.69) is 15.5 Å². The van der Waals surface area contributed by atoms with Crippen molar-refractivity contribution < 1.29 is 4.74 Å². The highest BCUT2D eigenvalue weighted by atomic mass is 32.1. The molecular weight excluding hydrogens is 254 g/mol. The Bertz CT molecular complexity index is 467. The van der Waals surface area contributed by atoms with Crippen LogP contribution < -0.4 is 10.1 Å². The third-order valence-electron chi connectivity index (χ3n) is 2.33. The summed E-state index contributed by atoms with van der Waals surface area (Å²) in [4.78, 5) is 1.07. The van der Waals surface area contributed by atoms with E-state index in [0.29, 0.717) is 0 Å². The third-order valence-corrected chi connectivity index (χ3v) is 4.36. The first-order chi connectivity index (χ1) is 8.35. The molecule has 0 saturated carbocycles. The first kappa shape index (κ1) is 12.5. The molecule has 0 radical (unpaired) electrons. The Hall–Kier alpha value is -0.980. The number of nitrogens with zero attached hydrogens (tertiary/aromatic N) is 2. The van der Waals surface area contributed by atoms with Gasteiger partial charge in [-0.15, -0.1) is 21.5 Å². The molecule has 2 rings (SSSR count). The molecule has 1 N–H and O–H groups in total. The van der Waals surface area contributed by atoms with Crippen LogP contribution in [0.3, 0.4) is 0 Å². The summed E-state index contributed by atoms with van der Waals surface area (Å²) < 4.78 is 5.29. The van der Waals surface area contributed by atoms with E-state index in [1.165, 1.54) is 0 Å². The van der Waals surface area contributed by atoms with Crippen molar-refractivity contribution in [3.63, 3.8) is 0 Å². The molecule has 0 aliphatic rings. The van der Waals surface area contributed by atoms with Gasteiger partial charge in [0.1, 0.15) is 15.6 Å². The minimum Gasteiger partial charge on any atom is -0.495 e. The average Bonchev–Trinajstić information content (AvgIpc) is 2.96. The first-order valence-corrected chi connectivity index (χ1v) is 7.13. The Labute approximate surface area is 109 Å². The average molecular weight is 269 g/mol. The quantitative estimate of drug-likeness (QED) is 0.818. The zero-order valence-electron chi connectivity index (χ0n) is 9.90. The van der Waals surface area contributed by atoms with Gasteiger partial charge in [0, 0.05) is 6.42 Å². The monoisotopic (exact) mass is 269 g/mol. The summed E-state index contributed by atoms with van der Waals surface area (Å²) in [5, 5.41) is 15.6. The van der Waals surface area contributed by atoms with Crippen LogP contribution in [-0.4, -0.2) is 30.9 Å². The van der Waals surface area contributed by atoms with Gasteiger partial charge >= 0.3 is 0 Å². The van der Waals surface area contributed by atoms with E-state index in [4.69, 9.17) is 4.74 Å². The SMILES string of the molecule is CNCCCc1nnc(-c2sccc2OC)s1. The van der Waals surface area contributed by atoms with Gasteiger partial charge in [0.25, 0.3) is 0 Å². The van der Waals surface area contributed by atoms with Gasteiger partial charge in [-0.1, -0.05) is 11.3 Å². The van der Waals surface area contributed by atoms with E-state index in [0.717, 1.165) is 40.0 Å². The summed E-state index contributed by atoms with van der Waals surface area (Å²) in [5.74, 6) is 0.882. The Morgan fingerprint density at radius 2 is 2.29 bits per heavy atom. The van der Waals surface area contributed by atoms with Crippen LogP contribution in [-0.2, 0) is 6.42 Å². The van der Waals surface area contributed by atoms with E-state index in [9.17, 15) is 0 Å². The van der Waals surface area contributed by atoms with Crippen LogP contribution >= 0.6 is 22.7 Å². The molecule has 17 heavy (non-hydrogen) atoms. The zero-order valence-corrected chi connectivity index (χ0v) is 11.5. The Kier molecular flexibility index (Phi) is 4.47. The summed E-state index contributed by atoms with van der Waals surface area (Å²) in [7, 11) is 3.64. The Morgan fingerprint density at radius 3 is 3.06 bits per heavy atom. The molecule has 2 aromatic rings. The molecule has 2 aromatic heterocycles. The summed E-state index contributed by atoms with van der Waals surface area (Å²) in [6.45, 7) is 1.01. The molecule has 6 heteroatoms. The lowest BCUT2D eigenvalue weighted by Gasteiger charge is -1.97. The lowest BCUT2D eigenvalue weighted by molar-refractivity contribution is 0.418. The van der Waals surface area contributed by atoms with Gasteiger partial charge in [-0.2, -0.15) is 0 Å². The maximum atomic E-state index is 5.29. The lowest BCUT2D eigenvalue weighted by Crippen LogP contribution is -2.08. The number of hydrogen-bond acceptors (Lipinski definition) is 6. The highest BCUT2D eigenvalue weighted by Crippen LogP contribution is 2.36. The Morgan fingerprint density at radius 1 is 1.41 bits per heavy atom. The van der Waals surface area contributed by atoms with Crippen molar-refractivity contribution in [1.29, 1.82) is 0 Å². The summed E-state index contributed by atoms with van der Waals surface area (Å²) in [5.41, 5.74) is 0. The van der Waals surface area contributed by atoms with Crippen molar-refractivity contribution in [2.45, 2.75) is 12.8 Å². The smallest absolute Gasteiger partial charge is 0.161 e. The van der Waals surface area contributed by atoms with E-state index >= 15 is 0 Å². The molecule has 0 bridgehead atoms. The predicted octanol–water partition coefficient (Wildman–Crippen LogP) is 2.43. The molecule has 0 fully saturated rings. The second kappa shape index (κ2) is 6.09. The number of aromatic nitrogens is 2. The van der Waals surface area contributed by atoms with Crippen molar-refractivity contribution in [2.75, 3.05) is 20.7 Å². The predicted molar refractivity (Wildman–Crippen MR) is 72.0 cm³/mol. The molecule has 0 aromatic carbocycles. The minimum atomic E-state index is 0.882. The molecule has 92 valence electrons. The minimum absolute atomic E-state index is 0.882. The molecule has 2 heterocycles. The largest absolute Gasteiger partial charge is 0.495 e.